The Morgan fingerprint density at radius 2 is 1.90 bits per heavy atom. The van der Waals surface area contributed by atoms with Crippen LogP contribution in [0.5, 0.6) is 0 Å². The summed E-state index contributed by atoms with van der Waals surface area (Å²) in [5.41, 5.74) is 5.72. The predicted octanol–water partition coefficient (Wildman–Crippen LogP) is 1.32. The Kier molecular flexibility index (Phi) is 4.05. The van der Waals surface area contributed by atoms with E-state index in [1.54, 1.807) is 18.2 Å². The van der Waals surface area contributed by atoms with Gasteiger partial charge >= 0.3 is 0 Å². The van der Waals surface area contributed by atoms with Crippen LogP contribution in [0.4, 0.5) is 0 Å². The van der Waals surface area contributed by atoms with E-state index in [2.05, 4.69) is 9.97 Å². The first-order chi connectivity index (χ1) is 9.36. The Morgan fingerprint density at radius 1 is 1.25 bits per heavy atom. The van der Waals surface area contributed by atoms with Crippen molar-refractivity contribution in [2.75, 3.05) is 6.26 Å². The zero-order valence-corrected chi connectivity index (χ0v) is 12.2. The smallest absolute Gasteiger partial charge is 0.193 e. The number of hydrogen-bond donors (Lipinski definition) is 2. The van der Waals surface area contributed by atoms with Gasteiger partial charge in [0.15, 0.2) is 15.0 Å². The summed E-state index contributed by atoms with van der Waals surface area (Å²) in [7, 11) is -3.20. The molecule has 104 valence electrons. The van der Waals surface area contributed by atoms with Crippen molar-refractivity contribution in [1.82, 2.24) is 9.97 Å². The average Bonchev–Trinajstić information content (AvgIpc) is 2.38. The fourth-order valence-electron chi connectivity index (χ4n) is 1.40. The molecule has 0 fully saturated rings. The lowest BCUT2D eigenvalue weighted by molar-refractivity contribution is 0.602. The van der Waals surface area contributed by atoms with Crippen molar-refractivity contribution in [1.29, 1.82) is 5.41 Å². The molecule has 20 heavy (non-hydrogen) atoms. The zero-order valence-electron chi connectivity index (χ0n) is 10.6. The normalized spacial score (nSPS) is 11.2. The fourth-order valence-corrected chi connectivity index (χ4v) is 2.77. The summed E-state index contributed by atoms with van der Waals surface area (Å²) in [4.78, 5) is 9.26. The molecule has 1 aromatic carbocycles. The van der Waals surface area contributed by atoms with E-state index in [1.807, 2.05) is 0 Å². The van der Waals surface area contributed by atoms with Crippen LogP contribution in [0.25, 0.3) is 0 Å². The van der Waals surface area contributed by atoms with Gasteiger partial charge in [-0.1, -0.05) is 0 Å². The molecule has 0 spiro atoms. The summed E-state index contributed by atoms with van der Waals surface area (Å²) in [6.45, 7) is 0. The highest BCUT2D eigenvalue weighted by Crippen LogP contribution is 2.25. The van der Waals surface area contributed by atoms with E-state index in [0.29, 0.717) is 10.9 Å². The molecule has 0 unspecified atom stereocenters. The van der Waals surface area contributed by atoms with E-state index in [-0.39, 0.29) is 10.7 Å². The molecule has 2 aromatic rings. The van der Waals surface area contributed by atoms with E-state index in [0.717, 1.165) is 11.2 Å². The summed E-state index contributed by atoms with van der Waals surface area (Å²) in [6, 6.07) is 7.99. The lowest BCUT2D eigenvalue weighted by atomic mass is 10.4. The molecule has 2 rings (SSSR count). The summed E-state index contributed by atoms with van der Waals surface area (Å²) >= 11 is 1.27. The van der Waals surface area contributed by atoms with E-state index < -0.39 is 9.84 Å². The highest BCUT2D eigenvalue weighted by Gasteiger charge is 2.08. The molecule has 0 bridgehead atoms. The van der Waals surface area contributed by atoms with Gasteiger partial charge in [-0.2, -0.15) is 0 Å². The maximum Gasteiger partial charge on any atom is 0.193 e. The van der Waals surface area contributed by atoms with Gasteiger partial charge in [0.1, 0.15) is 11.5 Å². The van der Waals surface area contributed by atoms with Crippen molar-refractivity contribution in [2.45, 2.75) is 14.9 Å². The van der Waals surface area contributed by atoms with Gasteiger partial charge in [-0.05, 0) is 42.1 Å². The van der Waals surface area contributed by atoms with Crippen molar-refractivity contribution in [2.24, 2.45) is 5.73 Å². The molecule has 0 aliphatic rings. The molecule has 0 atom stereocenters. The van der Waals surface area contributed by atoms with Crippen LogP contribution in [-0.2, 0) is 9.84 Å². The van der Waals surface area contributed by atoms with Gasteiger partial charge in [-0.25, -0.2) is 18.4 Å². The largest absolute Gasteiger partial charge is 0.382 e. The third-order valence-electron chi connectivity index (χ3n) is 2.37. The Bertz CT molecular complexity index is 742. The number of sulfone groups is 1. The molecule has 0 aliphatic carbocycles. The quantitative estimate of drug-likeness (QED) is 0.501. The number of hydrogen-bond acceptors (Lipinski definition) is 6. The van der Waals surface area contributed by atoms with Crippen LogP contribution in [0.1, 0.15) is 5.69 Å². The Morgan fingerprint density at radius 3 is 2.45 bits per heavy atom. The maximum atomic E-state index is 11.4. The van der Waals surface area contributed by atoms with Crippen molar-refractivity contribution >= 4 is 27.4 Å². The van der Waals surface area contributed by atoms with E-state index in [4.69, 9.17) is 11.1 Å². The van der Waals surface area contributed by atoms with Gasteiger partial charge in [0.05, 0.1) is 4.90 Å². The van der Waals surface area contributed by atoms with Gasteiger partial charge in [0, 0.05) is 17.3 Å². The Balaban J connectivity index is 2.22. The minimum atomic E-state index is -3.20. The second-order valence-electron chi connectivity index (χ2n) is 3.98. The number of benzene rings is 1. The first-order valence-electron chi connectivity index (χ1n) is 5.52. The zero-order chi connectivity index (χ0) is 14.8. The van der Waals surface area contributed by atoms with E-state index >= 15 is 0 Å². The van der Waals surface area contributed by atoms with Gasteiger partial charge in [-0.3, -0.25) is 5.41 Å². The number of nitrogens with two attached hydrogens (primary N) is 1. The van der Waals surface area contributed by atoms with Crippen LogP contribution in [0.2, 0.25) is 0 Å². The van der Waals surface area contributed by atoms with Gasteiger partial charge < -0.3 is 5.73 Å². The number of aromatic nitrogens is 2. The van der Waals surface area contributed by atoms with Crippen molar-refractivity contribution in [3.05, 3.63) is 42.2 Å². The summed E-state index contributed by atoms with van der Waals surface area (Å²) in [6.07, 6.45) is 2.69. The molecule has 0 amide bonds. The van der Waals surface area contributed by atoms with Crippen molar-refractivity contribution < 1.29 is 8.42 Å². The fraction of sp³-hybridized carbons (Fsp3) is 0.0833. The van der Waals surface area contributed by atoms with Crippen molar-refractivity contribution in [3.63, 3.8) is 0 Å². The number of amidine groups is 1. The Labute approximate surface area is 120 Å². The SMILES string of the molecule is CS(=O)(=O)c1ccc(Sc2nccc(C(=N)N)n2)cc1. The molecular weight excluding hydrogens is 296 g/mol. The molecule has 0 saturated heterocycles. The highest BCUT2D eigenvalue weighted by atomic mass is 32.2. The summed E-state index contributed by atoms with van der Waals surface area (Å²) in [5.74, 6) is -0.123. The summed E-state index contributed by atoms with van der Waals surface area (Å²) in [5, 5.41) is 7.77. The first-order valence-corrected chi connectivity index (χ1v) is 8.22. The second-order valence-corrected chi connectivity index (χ2v) is 7.04. The van der Waals surface area contributed by atoms with Crippen LogP contribution < -0.4 is 5.73 Å². The number of rotatable bonds is 4. The van der Waals surface area contributed by atoms with E-state index in [1.165, 1.54) is 30.1 Å². The molecular formula is C12H12N4O2S2. The molecule has 1 aromatic heterocycles. The van der Waals surface area contributed by atoms with Crippen LogP contribution in [0.15, 0.2) is 51.5 Å². The Hall–Kier alpha value is -1.93. The molecule has 6 nitrogen and oxygen atoms in total. The number of nitrogen functional groups attached to an aromatic ring is 1. The monoisotopic (exact) mass is 308 g/mol. The van der Waals surface area contributed by atoms with Gasteiger partial charge in [-0.15, -0.1) is 0 Å². The molecule has 0 radical (unpaired) electrons. The molecule has 0 aliphatic heterocycles. The minimum Gasteiger partial charge on any atom is -0.382 e. The molecule has 0 saturated carbocycles. The van der Waals surface area contributed by atoms with Crippen LogP contribution in [0.3, 0.4) is 0 Å². The minimum absolute atomic E-state index is 0.123. The number of nitrogens with zero attached hydrogens (tertiary/aromatic N) is 2. The molecule has 1 heterocycles. The standard InChI is InChI=1S/C12H12N4O2S2/c1-20(17,18)9-4-2-8(3-5-9)19-12-15-7-6-10(16-12)11(13)14/h2-7H,1H3,(H3,13,14). The van der Waals surface area contributed by atoms with Crippen molar-refractivity contribution in [3.8, 4) is 0 Å². The average molecular weight is 308 g/mol. The van der Waals surface area contributed by atoms with Crippen LogP contribution in [-0.4, -0.2) is 30.5 Å². The first kappa shape index (κ1) is 14.5. The lowest BCUT2D eigenvalue weighted by Crippen LogP contribution is -2.13. The second kappa shape index (κ2) is 5.59. The number of nitrogens with one attached hydrogen (secondary N) is 1. The van der Waals surface area contributed by atoms with Crippen LogP contribution >= 0.6 is 11.8 Å². The predicted molar refractivity (Wildman–Crippen MR) is 76.7 cm³/mol. The molecule has 3 N–H and O–H groups in total. The maximum absolute atomic E-state index is 11.4. The third kappa shape index (κ3) is 3.55. The topological polar surface area (TPSA) is 110 Å². The van der Waals surface area contributed by atoms with Crippen LogP contribution in [0, 0.1) is 5.41 Å². The summed E-state index contributed by atoms with van der Waals surface area (Å²) < 4.78 is 22.7. The van der Waals surface area contributed by atoms with Gasteiger partial charge in [0.25, 0.3) is 0 Å². The highest BCUT2D eigenvalue weighted by molar-refractivity contribution is 7.99. The van der Waals surface area contributed by atoms with Gasteiger partial charge in [0.2, 0.25) is 0 Å². The van der Waals surface area contributed by atoms with E-state index in [9.17, 15) is 8.42 Å². The molecule has 8 heteroatoms. The third-order valence-corrected chi connectivity index (χ3v) is 4.39. The lowest BCUT2D eigenvalue weighted by Gasteiger charge is -2.03.